The minimum absolute atomic E-state index is 0.0359. The van der Waals surface area contributed by atoms with E-state index in [1.54, 1.807) is 6.92 Å². The summed E-state index contributed by atoms with van der Waals surface area (Å²) in [5.41, 5.74) is 5.37. The van der Waals surface area contributed by atoms with E-state index in [9.17, 15) is 4.79 Å². The molecule has 0 aromatic carbocycles. The van der Waals surface area contributed by atoms with Crippen LogP contribution in [0.5, 0.6) is 0 Å². The first-order valence-electron chi connectivity index (χ1n) is 3.47. The first kappa shape index (κ1) is 9.43. The highest BCUT2D eigenvalue weighted by Crippen LogP contribution is 1.94. The fourth-order valence-electron chi connectivity index (χ4n) is 0.574. The van der Waals surface area contributed by atoms with Gasteiger partial charge in [0.25, 0.3) is 0 Å². The third-order valence-electron chi connectivity index (χ3n) is 0.856. The van der Waals surface area contributed by atoms with Crippen molar-refractivity contribution in [2.24, 2.45) is 5.73 Å². The molecule has 1 atom stereocenters. The molecular weight excluding hydrogens is 130 g/mol. The van der Waals surface area contributed by atoms with Crippen molar-refractivity contribution in [1.82, 2.24) is 0 Å². The summed E-state index contributed by atoms with van der Waals surface area (Å²) in [6, 6.07) is -0.105. The first-order chi connectivity index (χ1) is 4.52. The average Bonchev–Trinajstić information content (AvgIpc) is 1.58. The van der Waals surface area contributed by atoms with Gasteiger partial charge in [-0.05, 0) is 20.8 Å². The van der Waals surface area contributed by atoms with Gasteiger partial charge in [-0.3, -0.25) is 4.79 Å². The molecule has 0 rings (SSSR count). The highest BCUT2D eigenvalue weighted by atomic mass is 16.5. The van der Waals surface area contributed by atoms with Crippen molar-refractivity contribution in [3.63, 3.8) is 0 Å². The number of hydrogen-bond acceptors (Lipinski definition) is 3. The predicted octanol–water partition coefficient (Wildman–Crippen LogP) is 0.675. The van der Waals surface area contributed by atoms with Gasteiger partial charge in [0, 0.05) is 6.04 Å². The molecule has 0 unspecified atom stereocenters. The van der Waals surface area contributed by atoms with Crippen LogP contribution >= 0.6 is 0 Å². The van der Waals surface area contributed by atoms with Gasteiger partial charge in [0.1, 0.15) is 0 Å². The molecule has 0 heterocycles. The molecule has 0 bridgehead atoms. The van der Waals surface area contributed by atoms with Gasteiger partial charge >= 0.3 is 5.97 Å². The molecule has 0 radical (unpaired) electrons. The fraction of sp³-hybridized carbons (Fsp3) is 0.857. The Bertz CT molecular complexity index is 98.2. The van der Waals surface area contributed by atoms with Crippen LogP contribution in [-0.4, -0.2) is 18.1 Å². The molecule has 0 aliphatic rings. The number of ether oxygens (including phenoxy) is 1. The number of carbonyl (C=O) groups is 1. The molecule has 60 valence electrons. The van der Waals surface area contributed by atoms with E-state index < -0.39 is 0 Å². The van der Waals surface area contributed by atoms with Crippen LogP contribution in [0.25, 0.3) is 0 Å². The number of hydrogen-bond donors (Lipinski definition) is 1. The Labute approximate surface area is 61.5 Å². The van der Waals surface area contributed by atoms with Crippen molar-refractivity contribution in [2.45, 2.75) is 39.3 Å². The van der Waals surface area contributed by atoms with E-state index in [0.29, 0.717) is 6.42 Å². The molecule has 2 N–H and O–H groups in total. The predicted molar refractivity (Wildman–Crippen MR) is 39.5 cm³/mol. The molecule has 0 aromatic rings. The summed E-state index contributed by atoms with van der Waals surface area (Å²) in [7, 11) is 0. The SMILES string of the molecule is CC(C)OC(=O)C[C@H](C)N. The van der Waals surface area contributed by atoms with Crippen LogP contribution in [0.3, 0.4) is 0 Å². The minimum atomic E-state index is -0.218. The molecular formula is C7H15NO2. The largest absolute Gasteiger partial charge is 0.463 e. The van der Waals surface area contributed by atoms with Crippen LogP contribution in [0.2, 0.25) is 0 Å². The Morgan fingerprint density at radius 2 is 2.00 bits per heavy atom. The van der Waals surface area contributed by atoms with E-state index in [4.69, 9.17) is 10.5 Å². The third-order valence-corrected chi connectivity index (χ3v) is 0.856. The first-order valence-corrected chi connectivity index (χ1v) is 3.47. The second-order valence-electron chi connectivity index (χ2n) is 2.72. The van der Waals surface area contributed by atoms with E-state index in [0.717, 1.165) is 0 Å². The van der Waals surface area contributed by atoms with Gasteiger partial charge in [-0.1, -0.05) is 0 Å². The van der Waals surface area contributed by atoms with Crippen LogP contribution in [0.15, 0.2) is 0 Å². The van der Waals surface area contributed by atoms with Crippen molar-refractivity contribution < 1.29 is 9.53 Å². The van der Waals surface area contributed by atoms with Crippen LogP contribution in [0, 0.1) is 0 Å². The van der Waals surface area contributed by atoms with E-state index >= 15 is 0 Å². The lowest BCUT2D eigenvalue weighted by atomic mass is 10.2. The van der Waals surface area contributed by atoms with Gasteiger partial charge in [-0.25, -0.2) is 0 Å². The molecule has 3 heteroatoms. The molecule has 0 saturated carbocycles. The van der Waals surface area contributed by atoms with Crippen molar-refractivity contribution in [2.75, 3.05) is 0 Å². The second-order valence-corrected chi connectivity index (χ2v) is 2.72. The fourth-order valence-corrected chi connectivity index (χ4v) is 0.574. The molecule has 10 heavy (non-hydrogen) atoms. The number of nitrogens with two attached hydrogens (primary N) is 1. The van der Waals surface area contributed by atoms with E-state index in [1.165, 1.54) is 0 Å². The maximum atomic E-state index is 10.8. The van der Waals surface area contributed by atoms with Crippen LogP contribution in [0.4, 0.5) is 0 Å². The zero-order chi connectivity index (χ0) is 8.15. The third kappa shape index (κ3) is 5.56. The normalized spacial score (nSPS) is 13.3. The molecule has 0 aliphatic carbocycles. The Hall–Kier alpha value is -0.570. The maximum absolute atomic E-state index is 10.8. The molecule has 0 spiro atoms. The van der Waals surface area contributed by atoms with Crippen molar-refractivity contribution in [1.29, 1.82) is 0 Å². The summed E-state index contributed by atoms with van der Waals surface area (Å²) < 4.78 is 4.84. The smallest absolute Gasteiger partial charge is 0.307 e. The lowest BCUT2D eigenvalue weighted by Gasteiger charge is -2.08. The van der Waals surface area contributed by atoms with Gasteiger partial charge in [-0.15, -0.1) is 0 Å². The van der Waals surface area contributed by atoms with Gasteiger partial charge in [0.15, 0.2) is 0 Å². The van der Waals surface area contributed by atoms with E-state index in [-0.39, 0.29) is 18.1 Å². The van der Waals surface area contributed by atoms with Crippen molar-refractivity contribution in [3.8, 4) is 0 Å². The summed E-state index contributed by atoms with van der Waals surface area (Å²) in [6.07, 6.45) is 0.268. The Morgan fingerprint density at radius 3 is 2.30 bits per heavy atom. The molecule has 3 nitrogen and oxygen atoms in total. The van der Waals surface area contributed by atoms with Crippen LogP contribution < -0.4 is 5.73 Å². The standard InChI is InChI=1S/C7H15NO2/c1-5(2)10-7(9)4-6(3)8/h5-6H,4,8H2,1-3H3/t6-/m0/s1. The van der Waals surface area contributed by atoms with E-state index in [2.05, 4.69) is 0 Å². The monoisotopic (exact) mass is 145 g/mol. The molecule has 0 aliphatic heterocycles. The number of carbonyl (C=O) groups excluding carboxylic acids is 1. The second kappa shape index (κ2) is 4.28. The molecule has 0 saturated heterocycles. The van der Waals surface area contributed by atoms with Gasteiger partial charge < -0.3 is 10.5 Å². The Morgan fingerprint density at radius 1 is 1.50 bits per heavy atom. The van der Waals surface area contributed by atoms with Gasteiger partial charge in [0.05, 0.1) is 12.5 Å². The highest BCUT2D eigenvalue weighted by molar-refractivity contribution is 5.70. The summed E-state index contributed by atoms with van der Waals surface area (Å²) in [5, 5.41) is 0. The van der Waals surface area contributed by atoms with Crippen LogP contribution in [0.1, 0.15) is 27.2 Å². The van der Waals surface area contributed by atoms with Crippen molar-refractivity contribution >= 4 is 5.97 Å². The lowest BCUT2D eigenvalue weighted by Crippen LogP contribution is -2.22. The lowest BCUT2D eigenvalue weighted by molar-refractivity contribution is -0.147. The Kier molecular flexibility index (Phi) is 4.03. The summed E-state index contributed by atoms with van der Waals surface area (Å²) in [4.78, 5) is 10.8. The Balaban J connectivity index is 3.44. The maximum Gasteiger partial charge on any atom is 0.307 e. The molecule has 0 aromatic heterocycles. The zero-order valence-corrected chi connectivity index (χ0v) is 6.76. The minimum Gasteiger partial charge on any atom is -0.463 e. The van der Waals surface area contributed by atoms with Gasteiger partial charge in [-0.2, -0.15) is 0 Å². The quantitative estimate of drug-likeness (QED) is 0.594. The number of rotatable bonds is 3. The van der Waals surface area contributed by atoms with E-state index in [1.807, 2.05) is 13.8 Å². The topological polar surface area (TPSA) is 52.3 Å². The highest BCUT2D eigenvalue weighted by Gasteiger charge is 2.06. The van der Waals surface area contributed by atoms with Crippen molar-refractivity contribution in [3.05, 3.63) is 0 Å². The average molecular weight is 145 g/mol. The summed E-state index contributed by atoms with van der Waals surface area (Å²) >= 11 is 0. The van der Waals surface area contributed by atoms with Gasteiger partial charge in [0.2, 0.25) is 0 Å². The summed E-state index contributed by atoms with van der Waals surface area (Å²) in [6.45, 7) is 5.42. The molecule has 0 fully saturated rings. The zero-order valence-electron chi connectivity index (χ0n) is 6.76. The number of esters is 1. The van der Waals surface area contributed by atoms with Crippen LogP contribution in [-0.2, 0) is 9.53 Å². The summed E-state index contributed by atoms with van der Waals surface area (Å²) in [5.74, 6) is -0.218. The molecule has 0 amide bonds.